The summed E-state index contributed by atoms with van der Waals surface area (Å²) >= 11 is 0. The molecule has 0 N–H and O–H groups in total. The topological polar surface area (TPSA) is 93.5 Å². The summed E-state index contributed by atoms with van der Waals surface area (Å²) in [5.41, 5.74) is 1.21. The molecule has 1 aliphatic rings. The number of carbonyl (C=O) groups excluding carboxylic acids is 2. The van der Waals surface area contributed by atoms with Gasteiger partial charge in [-0.1, -0.05) is 30.3 Å². The minimum Gasteiger partial charge on any atom is -0.484 e. The Morgan fingerprint density at radius 1 is 0.833 bits per heavy atom. The van der Waals surface area contributed by atoms with Gasteiger partial charge in [0.2, 0.25) is 0 Å². The van der Waals surface area contributed by atoms with Crippen LogP contribution in [0.4, 0.5) is 5.82 Å². The Kier molecular flexibility index (Phi) is 6.70. The van der Waals surface area contributed by atoms with E-state index in [0.717, 1.165) is 17.5 Å². The maximum Gasteiger partial charge on any atom is 0.260 e. The van der Waals surface area contributed by atoms with E-state index in [9.17, 15) is 9.59 Å². The van der Waals surface area contributed by atoms with Crippen LogP contribution in [-0.2, 0) is 4.79 Å². The van der Waals surface area contributed by atoms with Gasteiger partial charge in [0.15, 0.2) is 24.0 Å². The number of benzene rings is 2. The number of aryl methyl sites for hydroxylation is 1. The van der Waals surface area contributed by atoms with Crippen molar-refractivity contribution in [3.63, 3.8) is 0 Å². The highest BCUT2D eigenvalue weighted by molar-refractivity contribution is 6.09. The molecule has 1 saturated heterocycles. The third-order valence-corrected chi connectivity index (χ3v) is 6.18. The summed E-state index contributed by atoms with van der Waals surface area (Å²) in [5.74, 6) is 2.78. The largest absolute Gasteiger partial charge is 0.484 e. The average Bonchev–Trinajstić information content (AvgIpc) is 3.38. The molecular weight excluding hydrogens is 456 g/mol. The van der Waals surface area contributed by atoms with Gasteiger partial charge in [0.05, 0.1) is 0 Å². The zero-order valence-electron chi connectivity index (χ0n) is 19.9. The highest BCUT2D eigenvalue weighted by Crippen LogP contribution is 2.17. The van der Waals surface area contributed by atoms with Crippen molar-refractivity contribution >= 4 is 17.5 Å². The van der Waals surface area contributed by atoms with Gasteiger partial charge in [-0.25, -0.2) is 4.98 Å². The first kappa shape index (κ1) is 23.2. The molecule has 2 aromatic carbocycles. The number of carbonyl (C=O) groups is 2. The van der Waals surface area contributed by atoms with Gasteiger partial charge in [0.1, 0.15) is 11.6 Å². The van der Waals surface area contributed by atoms with Crippen LogP contribution in [0.1, 0.15) is 21.7 Å². The van der Waals surface area contributed by atoms with E-state index in [2.05, 4.69) is 20.1 Å². The molecule has 9 nitrogen and oxygen atoms in total. The second-order valence-corrected chi connectivity index (χ2v) is 8.47. The number of nitrogens with zero attached hydrogens (tertiary/aromatic N) is 6. The van der Waals surface area contributed by atoms with E-state index < -0.39 is 0 Å². The zero-order chi connectivity index (χ0) is 24.9. The summed E-state index contributed by atoms with van der Waals surface area (Å²) in [4.78, 5) is 33.3. The SMILES string of the molecule is Cc1nccn1-c1ccc(N2CCN(C(=O)COc3ccc(C(=O)c4ccccc4)cc3)CC2)nn1. The fraction of sp³-hybridized carbons (Fsp3) is 0.222. The molecule has 1 aliphatic heterocycles. The van der Waals surface area contributed by atoms with Crippen molar-refractivity contribution < 1.29 is 14.3 Å². The van der Waals surface area contributed by atoms with Crippen molar-refractivity contribution in [1.82, 2.24) is 24.6 Å². The smallest absolute Gasteiger partial charge is 0.260 e. The summed E-state index contributed by atoms with van der Waals surface area (Å²) in [6, 6.07) is 19.8. The number of ether oxygens (including phenoxy) is 1. The summed E-state index contributed by atoms with van der Waals surface area (Å²) in [6.45, 7) is 4.36. The minimum absolute atomic E-state index is 0.0488. The number of hydrogen-bond acceptors (Lipinski definition) is 7. The molecule has 0 saturated carbocycles. The average molecular weight is 483 g/mol. The van der Waals surface area contributed by atoms with Crippen LogP contribution in [-0.4, -0.2) is 69.1 Å². The molecule has 4 aromatic rings. The Morgan fingerprint density at radius 2 is 1.50 bits per heavy atom. The van der Waals surface area contributed by atoms with Gasteiger partial charge in [-0.05, 0) is 43.3 Å². The number of anilines is 1. The number of ketones is 1. The quantitative estimate of drug-likeness (QED) is 0.374. The van der Waals surface area contributed by atoms with Crippen molar-refractivity contribution in [1.29, 1.82) is 0 Å². The van der Waals surface area contributed by atoms with E-state index >= 15 is 0 Å². The van der Waals surface area contributed by atoms with E-state index in [1.165, 1.54) is 0 Å². The molecule has 0 unspecified atom stereocenters. The number of imidazole rings is 1. The van der Waals surface area contributed by atoms with Crippen LogP contribution >= 0.6 is 0 Å². The lowest BCUT2D eigenvalue weighted by atomic mass is 10.0. The molecule has 9 heteroatoms. The first-order valence-corrected chi connectivity index (χ1v) is 11.8. The van der Waals surface area contributed by atoms with E-state index in [1.807, 2.05) is 48.0 Å². The number of aromatic nitrogens is 4. The number of amides is 1. The third-order valence-electron chi connectivity index (χ3n) is 6.18. The normalized spacial score (nSPS) is 13.5. The van der Waals surface area contributed by atoms with E-state index in [1.54, 1.807) is 47.5 Å². The second-order valence-electron chi connectivity index (χ2n) is 8.47. The van der Waals surface area contributed by atoms with Gasteiger partial charge >= 0.3 is 0 Å². The van der Waals surface area contributed by atoms with Gasteiger partial charge in [0.25, 0.3) is 5.91 Å². The van der Waals surface area contributed by atoms with Crippen LogP contribution in [0.2, 0.25) is 0 Å². The minimum atomic E-state index is -0.0731. The molecular formula is C27H26N6O3. The molecule has 0 radical (unpaired) electrons. The first-order valence-electron chi connectivity index (χ1n) is 11.8. The Bertz CT molecular complexity index is 1330. The maximum atomic E-state index is 12.7. The van der Waals surface area contributed by atoms with E-state index in [-0.39, 0.29) is 18.3 Å². The van der Waals surface area contributed by atoms with Crippen LogP contribution in [0.5, 0.6) is 5.75 Å². The summed E-state index contributed by atoms with van der Waals surface area (Å²) < 4.78 is 7.56. The molecule has 36 heavy (non-hydrogen) atoms. The van der Waals surface area contributed by atoms with Crippen molar-refractivity contribution in [3.05, 3.63) is 96.1 Å². The highest BCUT2D eigenvalue weighted by Gasteiger charge is 2.22. The number of rotatable bonds is 7. The van der Waals surface area contributed by atoms with Crippen molar-refractivity contribution in [2.24, 2.45) is 0 Å². The lowest BCUT2D eigenvalue weighted by Crippen LogP contribution is -2.50. The molecule has 1 fully saturated rings. The molecule has 3 heterocycles. The Morgan fingerprint density at radius 3 is 2.14 bits per heavy atom. The molecule has 182 valence electrons. The molecule has 0 spiro atoms. The molecule has 0 aliphatic carbocycles. The van der Waals surface area contributed by atoms with Gasteiger partial charge in [-0.2, -0.15) is 0 Å². The van der Waals surface area contributed by atoms with Crippen molar-refractivity contribution in [3.8, 4) is 11.6 Å². The van der Waals surface area contributed by atoms with Gasteiger partial charge in [0, 0.05) is 49.7 Å². The van der Waals surface area contributed by atoms with E-state index in [0.29, 0.717) is 43.1 Å². The second kappa shape index (κ2) is 10.4. The van der Waals surface area contributed by atoms with Crippen LogP contribution in [0.25, 0.3) is 5.82 Å². The predicted octanol–water partition coefficient (Wildman–Crippen LogP) is 2.93. The lowest BCUT2D eigenvalue weighted by molar-refractivity contribution is -0.133. The maximum absolute atomic E-state index is 12.7. The number of hydrogen-bond donors (Lipinski definition) is 0. The first-order chi connectivity index (χ1) is 17.6. The van der Waals surface area contributed by atoms with Gasteiger partial charge in [-0.15, -0.1) is 10.2 Å². The lowest BCUT2D eigenvalue weighted by Gasteiger charge is -2.35. The Balaban J connectivity index is 1.10. The van der Waals surface area contributed by atoms with Gasteiger partial charge in [-0.3, -0.25) is 14.2 Å². The molecule has 0 atom stereocenters. The predicted molar refractivity (Wildman–Crippen MR) is 134 cm³/mol. The van der Waals surface area contributed by atoms with Gasteiger partial charge < -0.3 is 14.5 Å². The summed E-state index contributed by atoms with van der Waals surface area (Å²) in [6.07, 6.45) is 3.58. The van der Waals surface area contributed by atoms with E-state index in [4.69, 9.17) is 4.74 Å². The van der Waals surface area contributed by atoms with Crippen LogP contribution < -0.4 is 9.64 Å². The number of piperazine rings is 1. The Labute approximate surface area is 209 Å². The molecule has 5 rings (SSSR count). The fourth-order valence-electron chi connectivity index (χ4n) is 4.12. The molecule has 2 aromatic heterocycles. The molecule has 1 amide bonds. The monoisotopic (exact) mass is 482 g/mol. The highest BCUT2D eigenvalue weighted by atomic mass is 16.5. The van der Waals surface area contributed by atoms with Crippen LogP contribution in [0.3, 0.4) is 0 Å². The molecule has 0 bridgehead atoms. The Hall–Kier alpha value is -4.53. The van der Waals surface area contributed by atoms with Crippen molar-refractivity contribution in [2.45, 2.75) is 6.92 Å². The van der Waals surface area contributed by atoms with Crippen LogP contribution in [0.15, 0.2) is 79.1 Å². The summed E-state index contributed by atoms with van der Waals surface area (Å²) in [5, 5.41) is 8.68. The summed E-state index contributed by atoms with van der Waals surface area (Å²) in [7, 11) is 0. The zero-order valence-corrected chi connectivity index (χ0v) is 19.9. The van der Waals surface area contributed by atoms with Crippen molar-refractivity contribution in [2.75, 3.05) is 37.7 Å². The third kappa shape index (κ3) is 5.10. The standard InChI is InChI=1S/C27H26N6O3/c1-20-28-13-14-33(20)25-12-11-24(29-30-25)31-15-17-32(18-16-31)26(34)19-36-23-9-7-22(8-10-23)27(35)21-5-3-2-4-6-21/h2-14H,15-19H2,1H3. The van der Waals surface area contributed by atoms with Crippen LogP contribution in [0, 0.1) is 6.92 Å². The fourth-order valence-corrected chi connectivity index (χ4v) is 4.12.